The third kappa shape index (κ3) is 5.02. The first-order valence-electron chi connectivity index (χ1n) is 7.22. The van der Waals surface area contributed by atoms with E-state index in [9.17, 15) is 19.5 Å². The van der Waals surface area contributed by atoms with Crippen molar-refractivity contribution in [1.29, 1.82) is 0 Å². The van der Waals surface area contributed by atoms with Gasteiger partial charge >= 0.3 is 5.97 Å². The van der Waals surface area contributed by atoms with Gasteiger partial charge in [-0.1, -0.05) is 20.8 Å². The number of aliphatic carboxylic acids is 1. The van der Waals surface area contributed by atoms with Gasteiger partial charge < -0.3 is 15.0 Å². The van der Waals surface area contributed by atoms with Gasteiger partial charge in [0, 0.05) is 18.8 Å². The van der Waals surface area contributed by atoms with E-state index in [2.05, 4.69) is 5.32 Å². The molecule has 2 N–H and O–H groups in total. The second-order valence-electron chi connectivity index (χ2n) is 6.74. The lowest BCUT2D eigenvalue weighted by molar-refractivity contribution is -0.139. The molecule has 0 bridgehead atoms. The zero-order valence-electron chi connectivity index (χ0n) is 13.8. The molecule has 122 valence electrons. The van der Waals surface area contributed by atoms with Crippen LogP contribution in [0.3, 0.4) is 0 Å². The van der Waals surface area contributed by atoms with E-state index in [1.807, 2.05) is 20.8 Å². The van der Waals surface area contributed by atoms with Gasteiger partial charge in [0.25, 0.3) is 5.91 Å². The number of carbonyl (C=O) groups is 3. The van der Waals surface area contributed by atoms with Gasteiger partial charge in [-0.3, -0.25) is 9.59 Å². The predicted octanol–water partition coefficient (Wildman–Crippen LogP) is 2.24. The van der Waals surface area contributed by atoms with E-state index >= 15 is 0 Å². The van der Waals surface area contributed by atoms with Crippen LogP contribution in [0.5, 0.6) is 0 Å². The van der Waals surface area contributed by atoms with E-state index in [0.29, 0.717) is 18.4 Å². The summed E-state index contributed by atoms with van der Waals surface area (Å²) in [4.78, 5) is 34.9. The van der Waals surface area contributed by atoms with Crippen LogP contribution >= 0.6 is 0 Å². The van der Waals surface area contributed by atoms with Gasteiger partial charge in [-0.2, -0.15) is 0 Å². The molecule has 1 rings (SSSR count). The van der Waals surface area contributed by atoms with E-state index in [1.165, 1.54) is 17.6 Å². The molecule has 0 aliphatic carbocycles. The number of aromatic nitrogens is 1. The molecule has 22 heavy (non-hydrogen) atoms. The van der Waals surface area contributed by atoms with E-state index in [4.69, 9.17) is 0 Å². The Balaban J connectivity index is 2.83. The molecule has 0 saturated heterocycles. The molecule has 0 fully saturated rings. The number of nitrogens with zero attached hydrogens (tertiary/aromatic N) is 1. The van der Waals surface area contributed by atoms with Crippen molar-refractivity contribution in [2.45, 2.75) is 46.6 Å². The molecule has 6 heteroatoms. The van der Waals surface area contributed by atoms with E-state index in [-0.39, 0.29) is 16.9 Å². The summed E-state index contributed by atoms with van der Waals surface area (Å²) in [5, 5.41) is 11.8. The fourth-order valence-corrected chi connectivity index (χ4v) is 2.05. The first kappa shape index (κ1) is 17.9. The molecule has 1 atom stereocenters. The highest BCUT2D eigenvalue weighted by Crippen LogP contribution is 2.22. The number of Topliss-reactive ketones (excluding diaryl/α,β-unsaturated/α-hetero) is 1. The fraction of sp³-hybridized carbons (Fsp3) is 0.562. The summed E-state index contributed by atoms with van der Waals surface area (Å²) < 4.78 is 1.52. The molecule has 0 radical (unpaired) electrons. The second-order valence-corrected chi connectivity index (χ2v) is 6.74. The number of ketones is 1. The van der Waals surface area contributed by atoms with Crippen LogP contribution in [0.2, 0.25) is 0 Å². The normalized spacial score (nSPS) is 12.8. The lowest BCUT2D eigenvalue weighted by Gasteiger charge is -2.21. The third-order valence-corrected chi connectivity index (χ3v) is 3.43. The number of amides is 1. The maximum absolute atomic E-state index is 12.2. The summed E-state index contributed by atoms with van der Waals surface area (Å²) in [5.41, 5.74) is 0.687. The van der Waals surface area contributed by atoms with Crippen molar-refractivity contribution < 1.29 is 19.5 Å². The van der Waals surface area contributed by atoms with E-state index in [0.717, 1.165) is 0 Å². The van der Waals surface area contributed by atoms with Gasteiger partial charge in [0.1, 0.15) is 11.7 Å². The highest BCUT2D eigenvalue weighted by atomic mass is 16.4. The smallest absolute Gasteiger partial charge is 0.326 e. The van der Waals surface area contributed by atoms with Crippen molar-refractivity contribution in [2.24, 2.45) is 12.5 Å². The maximum Gasteiger partial charge on any atom is 0.326 e. The summed E-state index contributed by atoms with van der Waals surface area (Å²) in [5.74, 6) is -1.69. The first-order chi connectivity index (χ1) is 10.0. The quantitative estimate of drug-likeness (QED) is 0.789. The number of carbonyl (C=O) groups excluding carboxylic acids is 2. The molecule has 1 heterocycles. The average molecular weight is 308 g/mol. The number of carboxylic acid groups (broad SMARTS) is 1. The minimum absolute atomic E-state index is 0.00873. The van der Waals surface area contributed by atoms with Crippen molar-refractivity contribution in [2.75, 3.05) is 0 Å². The number of rotatable bonds is 6. The zero-order valence-corrected chi connectivity index (χ0v) is 13.8. The molecule has 1 aromatic rings. The van der Waals surface area contributed by atoms with Gasteiger partial charge in [-0.15, -0.1) is 0 Å². The van der Waals surface area contributed by atoms with Gasteiger partial charge in [-0.25, -0.2) is 4.79 Å². The standard InChI is InChI=1S/C16H24N2O4/c1-10(19)11-8-13(18(5)9-11)14(20)17-12(15(21)22)6-7-16(2,3)4/h8-9,12H,6-7H2,1-5H3,(H,17,20)(H,21,22). The van der Waals surface area contributed by atoms with Gasteiger partial charge in [-0.05, 0) is 31.2 Å². The van der Waals surface area contributed by atoms with Gasteiger partial charge in [0.2, 0.25) is 0 Å². The largest absolute Gasteiger partial charge is 0.480 e. The van der Waals surface area contributed by atoms with Crippen molar-refractivity contribution in [3.8, 4) is 0 Å². The van der Waals surface area contributed by atoms with Crippen LogP contribution in [0.15, 0.2) is 12.3 Å². The van der Waals surface area contributed by atoms with Crippen molar-refractivity contribution in [3.63, 3.8) is 0 Å². The molecule has 1 aromatic heterocycles. The monoisotopic (exact) mass is 308 g/mol. The Labute approximate surface area is 130 Å². The Morgan fingerprint density at radius 2 is 1.91 bits per heavy atom. The van der Waals surface area contributed by atoms with E-state index in [1.54, 1.807) is 13.2 Å². The molecule has 0 aliphatic rings. The summed E-state index contributed by atoms with van der Waals surface area (Å²) in [7, 11) is 1.65. The molecule has 0 saturated carbocycles. The maximum atomic E-state index is 12.2. The van der Waals surface area contributed by atoms with Crippen LogP contribution in [0.1, 0.15) is 61.4 Å². The number of aryl methyl sites for hydroxylation is 1. The Kier molecular flexibility index (Phi) is 5.52. The van der Waals surface area contributed by atoms with Crippen molar-refractivity contribution >= 4 is 17.7 Å². The summed E-state index contributed by atoms with van der Waals surface area (Å²) in [6.07, 6.45) is 2.59. The Bertz CT molecular complexity index is 581. The third-order valence-electron chi connectivity index (χ3n) is 3.43. The minimum atomic E-state index is -1.06. The van der Waals surface area contributed by atoms with Crippen molar-refractivity contribution in [1.82, 2.24) is 9.88 Å². The first-order valence-corrected chi connectivity index (χ1v) is 7.22. The molecule has 6 nitrogen and oxygen atoms in total. The molecule has 0 spiro atoms. The number of hydrogen-bond acceptors (Lipinski definition) is 3. The molecule has 0 aromatic carbocycles. The average Bonchev–Trinajstić information content (AvgIpc) is 2.75. The molecular weight excluding hydrogens is 284 g/mol. The Morgan fingerprint density at radius 3 is 2.32 bits per heavy atom. The molecular formula is C16H24N2O4. The number of carboxylic acids is 1. The minimum Gasteiger partial charge on any atom is -0.480 e. The second kappa shape index (κ2) is 6.77. The number of hydrogen-bond donors (Lipinski definition) is 2. The molecule has 1 unspecified atom stereocenters. The zero-order chi connectivity index (χ0) is 17.1. The predicted molar refractivity (Wildman–Crippen MR) is 83.0 cm³/mol. The van der Waals surface area contributed by atoms with Gasteiger partial charge in [0.05, 0.1) is 0 Å². The lowest BCUT2D eigenvalue weighted by atomic mass is 9.88. The topological polar surface area (TPSA) is 88.4 Å². The highest BCUT2D eigenvalue weighted by molar-refractivity contribution is 6.00. The molecule has 1 amide bonds. The van der Waals surface area contributed by atoms with Crippen LogP contribution in [0.25, 0.3) is 0 Å². The molecule has 0 aliphatic heterocycles. The SMILES string of the molecule is CC(=O)c1cc(C(=O)NC(CCC(C)(C)C)C(=O)O)n(C)c1. The van der Waals surface area contributed by atoms with Crippen LogP contribution in [0, 0.1) is 5.41 Å². The van der Waals surface area contributed by atoms with Crippen LogP contribution in [0.4, 0.5) is 0 Å². The lowest BCUT2D eigenvalue weighted by Crippen LogP contribution is -2.41. The Hall–Kier alpha value is -2.11. The van der Waals surface area contributed by atoms with Gasteiger partial charge in [0.15, 0.2) is 5.78 Å². The van der Waals surface area contributed by atoms with Crippen molar-refractivity contribution in [3.05, 3.63) is 23.5 Å². The number of nitrogens with one attached hydrogen (secondary N) is 1. The highest BCUT2D eigenvalue weighted by Gasteiger charge is 2.24. The van der Waals surface area contributed by atoms with Crippen LogP contribution in [-0.2, 0) is 11.8 Å². The Morgan fingerprint density at radius 1 is 1.32 bits per heavy atom. The fourth-order valence-electron chi connectivity index (χ4n) is 2.05. The summed E-state index contributed by atoms with van der Waals surface area (Å²) >= 11 is 0. The summed E-state index contributed by atoms with van der Waals surface area (Å²) in [6.45, 7) is 7.47. The summed E-state index contributed by atoms with van der Waals surface area (Å²) in [6, 6.07) is 0.530. The van der Waals surface area contributed by atoms with Crippen LogP contribution in [-0.4, -0.2) is 33.4 Å². The van der Waals surface area contributed by atoms with Crippen LogP contribution < -0.4 is 5.32 Å². The van der Waals surface area contributed by atoms with E-state index < -0.39 is 17.9 Å².